The van der Waals surface area contributed by atoms with Gasteiger partial charge in [0.1, 0.15) is 17.6 Å². The molecule has 8 heteroatoms. The first kappa shape index (κ1) is 23.5. The van der Waals surface area contributed by atoms with Gasteiger partial charge in [0.15, 0.2) is 6.61 Å². The first-order valence-electron chi connectivity index (χ1n) is 10.3. The molecule has 0 bridgehead atoms. The molecule has 0 aromatic heterocycles. The summed E-state index contributed by atoms with van der Waals surface area (Å²) in [5, 5.41) is 3.37. The van der Waals surface area contributed by atoms with Crippen molar-refractivity contribution < 1.29 is 18.7 Å². The predicted molar refractivity (Wildman–Crippen MR) is 121 cm³/mol. The van der Waals surface area contributed by atoms with Crippen molar-refractivity contribution in [2.45, 2.75) is 51.2 Å². The van der Waals surface area contributed by atoms with E-state index in [1.54, 1.807) is 43.3 Å². The van der Waals surface area contributed by atoms with Gasteiger partial charge in [-0.25, -0.2) is 4.39 Å². The second-order valence-corrected chi connectivity index (χ2v) is 8.97. The van der Waals surface area contributed by atoms with Crippen molar-refractivity contribution in [1.82, 2.24) is 10.2 Å². The molecular formula is C23H25BrClFN2O3. The number of hydrogen-bond acceptors (Lipinski definition) is 3. The van der Waals surface area contributed by atoms with Gasteiger partial charge < -0.3 is 15.0 Å². The summed E-state index contributed by atoms with van der Waals surface area (Å²) in [7, 11) is 0. The van der Waals surface area contributed by atoms with Gasteiger partial charge >= 0.3 is 0 Å². The second-order valence-electron chi connectivity index (χ2n) is 7.64. The minimum Gasteiger partial charge on any atom is -0.482 e. The maximum atomic E-state index is 14.3. The highest BCUT2D eigenvalue weighted by molar-refractivity contribution is 9.10. The lowest BCUT2D eigenvalue weighted by atomic mass is 10.1. The largest absolute Gasteiger partial charge is 0.482 e. The van der Waals surface area contributed by atoms with Crippen LogP contribution in [0.1, 0.15) is 38.2 Å². The van der Waals surface area contributed by atoms with E-state index in [1.807, 2.05) is 0 Å². The molecule has 1 aliphatic rings. The zero-order chi connectivity index (χ0) is 22.4. The van der Waals surface area contributed by atoms with Crippen molar-refractivity contribution in [2.75, 3.05) is 6.61 Å². The van der Waals surface area contributed by atoms with Crippen LogP contribution in [0.3, 0.4) is 0 Å². The number of benzene rings is 2. The average molecular weight is 512 g/mol. The number of amides is 2. The van der Waals surface area contributed by atoms with Crippen molar-refractivity contribution in [1.29, 1.82) is 0 Å². The van der Waals surface area contributed by atoms with Crippen LogP contribution in [0.25, 0.3) is 0 Å². The van der Waals surface area contributed by atoms with Crippen molar-refractivity contribution in [3.8, 4) is 5.75 Å². The lowest BCUT2D eigenvalue weighted by Gasteiger charge is -2.29. The van der Waals surface area contributed by atoms with Crippen LogP contribution in [0.5, 0.6) is 5.75 Å². The molecule has 0 heterocycles. The lowest BCUT2D eigenvalue weighted by Crippen LogP contribution is -2.50. The molecule has 0 spiro atoms. The van der Waals surface area contributed by atoms with Crippen LogP contribution in [0.15, 0.2) is 46.9 Å². The van der Waals surface area contributed by atoms with Crippen LogP contribution < -0.4 is 10.1 Å². The third-order valence-electron chi connectivity index (χ3n) is 5.41. The molecule has 0 unspecified atom stereocenters. The zero-order valence-electron chi connectivity index (χ0n) is 17.2. The number of carbonyl (C=O) groups is 2. The van der Waals surface area contributed by atoms with Gasteiger partial charge in [-0.1, -0.05) is 58.6 Å². The summed E-state index contributed by atoms with van der Waals surface area (Å²) in [5.41, 5.74) is 0.332. The number of halogens is 3. The highest BCUT2D eigenvalue weighted by Gasteiger charge is 2.29. The number of carbonyl (C=O) groups excluding carboxylic acids is 2. The molecule has 2 amide bonds. The highest BCUT2D eigenvalue weighted by Crippen LogP contribution is 2.28. The van der Waals surface area contributed by atoms with E-state index in [2.05, 4.69) is 21.2 Å². The van der Waals surface area contributed by atoms with Gasteiger partial charge in [0.25, 0.3) is 5.91 Å². The summed E-state index contributed by atoms with van der Waals surface area (Å²) in [6.45, 7) is 1.29. The molecule has 1 N–H and O–H groups in total. The first-order chi connectivity index (χ1) is 14.8. The Balaban J connectivity index is 1.74. The number of hydrogen-bond donors (Lipinski definition) is 1. The first-order valence-corrected chi connectivity index (χ1v) is 11.4. The van der Waals surface area contributed by atoms with Gasteiger partial charge in [-0.15, -0.1) is 0 Å². The summed E-state index contributed by atoms with van der Waals surface area (Å²) in [5.74, 6) is -0.762. The molecular weight excluding hydrogens is 487 g/mol. The zero-order valence-corrected chi connectivity index (χ0v) is 19.6. The second kappa shape index (κ2) is 11.0. The number of nitrogens with one attached hydrogen (secondary N) is 1. The van der Waals surface area contributed by atoms with Gasteiger partial charge in [0, 0.05) is 22.6 Å². The summed E-state index contributed by atoms with van der Waals surface area (Å²) in [6.07, 6.45) is 4.04. The van der Waals surface area contributed by atoms with E-state index in [0.29, 0.717) is 16.3 Å². The Morgan fingerprint density at radius 2 is 1.97 bits per heavy atom. The monoisotopic (exact) mass is 510 g/mol. The van der Waals surface area contributed by atoms with Gasteiger partial charge in [-0.3, -0.25) is 9.59 Å². The van der Waals surface area contributed by atoms with Crippen LogP contribution >= 0.6 is 27.5 Å². The molecule has 166 valence electrons. The number of nitrogens with zero attached hydrogens (tertiary/aromatic N) is 1. The highest BCUT2D eigenvalue weighted by atomic mass is 79.9. The Morgan fingerprint density at radius 3 is 2.65 bits per heavy atom. The molecule has 1 fully saturated rings. The van der Waals surface area contributed by atoms with E-state index in [4.69, 9.17) is 16.3 Å². The van der Waals surface area contributed by atoms with Crippen LogP contribution in [0.2, 0.25) is 5.02 Å². The molecule has 2 aromatic carbocycles. The van der Waals surface area contributed by atoms with E-state index >= 15 is 0 Å². The van der Waals surface area contributed by atoms with Gasteiger partial charge in [0.2, 0.25) is 5.91 Å². The number of rotatable bonds is 8. The molecule has 0 aliphatic heterocycles. The van der Waals surface area contributed by atoms with Gasteiger partial charge in [-0.05, 0) is 44.0 Å². The van der Waals surface area contributed by atoms with E-state index in [9.17, 15) is 14.0 Å². The fourth-order valence-electron chi connectivity index (χ4n) is 3.60. The molecule has 2 aromatic rings. The quantitative estimate of drug-likeness (QED) is 0.537. The Hall–Kier alpha value is -2.12. The van der Waals surface area contributed by atoms with E-state index in [-0.39, 0.29) is 25.1 Å². The summed E-state index contributed by atoms with van der Waals surface area (Å²) >= 11 is 9.48. The summed E-state index contributed by atoms with van der Waals surface area (Å²) < 4.78 is 20.6. The molecule has 1 aliphatic carbocycles. The van der Waals surface area contributed by atoms with E-state index in [0.717, 1.165) is 30.2 Å². The fraction of sp³-hybridized carbons (Fsp3) is 0.391. The molecule has 5 nitrogen and oxygen atoms in total. The minimum atomic E-state index is -0.781. The molecule has 3 rings (SSSR count). The Bertz CT molecular complexity index is 937. The third kappa shape index (κ3) is 6.43. The van der Waals surface area contributed by atoms with Crippen molar-refractivity contribution in [2.24, 2.45) is 0 Å². The van der Waals surface area contributed by atoms with Gasteiger partial charge in [0.05, 0.1) is 5.02 Å². The average Bonchev–Trinajstić information content (AvgIpc) is 3.25. The topological polar surface area (TPSA) is 58.6 Å². The smallest absolute Gasteiger partial charge is 0.261 e. The SMILES string of the molecule is C[C@H](C(=O)NC1CCCC1)N(Cc1ccccc1F)C(=O)COc1ccc(Br)cc1Cl. The van der Waals surface area contributed by atoms with E-state index in [1.165, 1.54) is 11.0 Å². The Labute approximate surface area is 195 Å². The van der Waals surface area contributed by atoms with Crippen LogP contribution in [0, 0.1) is 5.82 Å². The Kier molecular flexibility index (Phi) is 8.32. The van der Waals surface area contributed by atoms with Crippen LogP contribution in [-0.2, 0) is 16.1 Å². The Morgan fingerprint density at radius 1 is 1.26 bits per heavy atom. The summed E-state index contributed by atoms with van der Waals surface area (Å²) in [6, 6.07) is 10.6. The standard InChI is InChI=1S/C23H25BrClFN2O3/c1-15(23(30)27-18-7-3-4-8-18)28(13-16-6-2-5-9-20(16)26)22(29)14-31-21-11-10-17(24)12-19(21)25/h2,5-6,9-12,15,18H,3-4,7-8,13-14H2,1H3,(H,27,30)/t15-/m1/s1. The molecule has 1 atom stereocenters. The minimum absolute atomic E-state index is 0.0395. The lowest BCUT2D eigenvalue weighted by molar-refractivity contribution is -0.142. The normalized spacial score (nSPS) is 14.8. The molecule has 0 saturated heterocycles. The summed E-state index contributed by atoms with van der Waals surface area (Å²) in [4.78, 5) is 27.2. The van der Waals surface area contributed by atoms with Crippen molar-refractivity contribution in [3.63, 3.8) is 0 Å². The van der Waals surface area contributed by atoms with Crippen molar-refractivity contribution in [3.05, 3.63) is 63.3 Å². The molecule has 1 saturated carbocycles. The fourth-order valence-corrected chi connectivity index (χ4v) is 4.33. The number of ether oxygens (including phenoxy) is 1. The molecule has 31 heavy (non-hydrogen) atoms. The third-order valence-corrected chi connectivity index (χ3v) is 6.20. The maximum absolute atomic E-state index is 14.3. The molecule has 0 radical (unpaired) electrons. The predicted octanol–water partition coefficient (Wildman–Crippen LogP) is 5.10. The van der Waals surface area contributed by atoms with Gasteiger partial charge in [-0.2, -0.15) is 0 Å². The maximum Gasteiger partial charge on any atom is 0.261 e. The van der Waals surface area contributed by atoms with Crippen LogP contribution in [-0.4, -0.2) is 35.4 Å². The van der Waals surface area contributed by atoms with Crippen LogP contribution in [0.4, 0.5) is 4.39 Å². The van der Waals surface area contributed by atoms with E-state index < -0.39 is 17.8 Å². The van der Waals surface area contributed by atoms with Crippen molar-refractivity contribution >= 4 is 39.3 Å².